The van der Waals surface area contributed by atoms with Gasteiger partial charge in [0.2, 0.25) is 0 Å². The summed E-state index contributed by atoms with van der Waals surface area (Å²) in [5.41, 5.74) is 3.60. The number of hydrogen-bond acceptors (Lipinski definition) is 2. The number of aliphatic carboxylic acids is 1. The van der Waals surface area contributed by atoms with Gasteiger partial charge in [-0.3, -0.25) is 0 Å². The van der Waals surface area contributed by atoms with Gasteiger partial charge in [-0.05, 0) is 41.3 Å². The molecule has 106 valence electrons. The zero-order chi connectivity index (χ0) is 14.7. The van der Waals surface area contributed by atoms with E-state index in [2.05, 4.69) is 24.3 Å². The third kappa shape index (κ3) is 3.14. The summed E-state index contributed by atoms with van der Waals surface area (Å²) in [6.45, 7) is 0.656. The molecule has 0 heterocycles. The van der Waals surface area contributed by atoms with Crippen LogP contribution in [0.5, 0.6) is 5.75 Å². The zero-order valence-corrected chi connectivity index (χ0v) is 11.5. The molecule has 1 N–H and O–H groups in total. The van der Waals surface area contributed by atoms with Crippen molar-refractivity contribution in [3.63, 3.8) is 0 Å². The van der Waals surface area contributed by atoms with Gasteiger partial charge in [0.1, 0.15) is 5.75 Å². The van der Waals surface area contributed by atoms with Crippen molar-refractivity contribution in [2.24, 2.45) is 0 Å². The van der Waals surface area contributed by atoms with Crippen LogP contribution >= 0.6 is 0 Å². The molecule has 0 saturated heterocycles. The third-order valence-electron chi connectivity index (χ3n) is 3.69. The Balaban J connectivity index is 1.62. The molecule has 0 saturated carbocycles. The molecule has 2 aromatic carbocycles. The monoisotopic (exact) mass is 280 g/mol. The molecule has 3 rings (SSSR count). The van der Waals surface area contributed by atoms with Crippen LogP contribution in [0, 0.1) is 0 Å². The SMILES string of the molecule is O=C(O)C=Cc1cccc(OCC2Cc3ccccc32)c1. The molecule has 0 aliphatic heterocycles. The second-order valence-corrected chi connectivity index (χ2v) is 5.15. The molecule has 21 heavy (non-hydrogen) atoms. The average molecular weight is 280 g/mol. The molecular formula is C18H16O3. The largest absolute Gasteiger partial charge is 0.493 e. The summed E-state index contributed by atoms with van der Waals surface area (Å²) in [5, 5.41) is 8.63. The number of carboxylic acid groups (broad SMARTS) is 1. The predicted molar refractivity (Wildman–Crippen MR) is 81.5 cm³/mol. The van der Waals surface area contributed by atoms with Crippen molar-refractivity contribution in [1.29, 1.82) is 0 Å². The molecule has 1 aliphatic rings. The Bertz CT molecular complexity index is 688. The van der Waals surface area contributed by atoms with Gasteiger partial charge in [0.15, 0.2) is 0 Å². The van der Waals surface area contributed by atoms with Crippen LogP contribution in [0.15, 0.2) is 54.6 Å². The Labute approximate surface area is 123 Å². The van der Waals surface area contributed by atoms with E-state index in [-0.39, 0.29) is 0 Å². The van der Waals surface area contributed by atoms with Crippen LogP contribution in [0.25, 0.3) is 6.08 Å². The molecule has 3 nitrogen and oxygen atoms in total. The Hall–Kier alpha value is -2.55. The van der Waals surface area contributed by atoms with Crippen LogP contribution in [-0.4, -0.2) is 17.7 Å². The quantitative estimate of drug-likeness (QED) is 0.853. The van der Waals surface area contributed by atoms with Crippen molar-refractivity contribution in [2.75, 3.05) is 6.61 Å². The molecule has 1 unspecified atom stereocenters. The fourth-order valence-corrected chi connectivity index (χ4v) is 2.58. The average Bonchev–Trinajstić information content (AvgIpc) is 2.46. The topological polar surface area (TPSA) is 46.5 Å². The van der Waals surface area contributed by atoms with Gasteiger partial charge in [-0.25, -0.2) is 4.79 Å². The Kier molecular flexibility index (Phi) is 3.73. The van der Waals surface area contributed by atoms with E-state index in [1.165, 1.54) is 11.1 Å². The molecule has 0 amide bonds. The van der Waals surface area contributed by atoms with E-state index in [4.69, 9.17) is 9.84 Å². The number of hydrogen-bond donors (Lipinski definition) is 1. The fraction of sp³-hybridized carbons (Fsp3) is 0.167. The Morgan fingerprint density at radius 2 is 2.10 bits per heavy atom. The molecule has 0 aromatic heterocycles. The maximum Gasteiger partial charge on any atom is 0.328 e. The van der Waals surface area contributed by atoms with Crippen molar-refractivity contribution in [3.05, 3.63) is 71.3 Å². The highest BCUT2D eigenvalue weighted by molar-refractivity contribution is 5.85. The molecule has 3 heteroatoms. The van der Waals surface area contributed by atoms with Crippen LogP contribution in [0.3, 0.4) is 0 Å². The second-order valence-electron chi connectivity index (χ2n) is 5.15. The standard InChI is InChI=1S/C18H16O3/c19-18(20)9-8-13-4-3-6-16(10-13)21-12-15-11-14-5-1-2-7-17(14)15/h1-10,15H,11-12H2,(H,19,20). The molecular weight excluding hydrogens is 264 g/mol. The van der Waals surface area contributed by atoms with Gasteiger partial charge >= 0.3 is 5.97 Å². The first kappa shape index (κ1) is 13.4. The van der Waals surface area contributed by atoms with Gasteiger partial charge in [-0.15, -0.1) is 0 Å². The number of ether oxygens (including phenoxy) is 1. The lowest BCUT2D eigenvalue weighted by molar-refractivity contribution is -0.131. The van der Waals surface area contributed by atoms with Crippen LogP contribution in [0.4, 0.5) is 0 Å². The van der Waals surface area contributed by atoms with Gasteiger partial charge in [-0.1, -0.05) is 36.4 Å². The van der Waals surface area contributed by atoms with E-state index in [1.54, 1.807) is 6.08 Å². The van der Waals surface area contributed by atoms with E-state index < -0.39 is 5.97 Å². The smallest absolute Gasteiger partial charge is 0.328 e. The number of carbonyl (C=O) groups is 1. The Morgan fingerprint density at radius 3 is 2.90 bits per heavy atom. The van der Waals surface area contributed by atoms with E-state index in [1.807, 2.05) is 24.3 Å². The molecule has 2 aromatic rings. The van der Waals surface area contributed by atoms with Crippen LogP contribution < -0.4 is 4.74 Å². The highest BCUT2D eigenvalue weighted by atomic mass is 16.5. The van der Waals surface area contributed by atoms with Crippen LogP contribution in [-0.2, 0) is 11.2 Å². The van der Waals surface area contributed by atoms with Crippen molar-refractivity contribution in [3.8, 4) is 5.75 Å². The Morgan fingerprint density at radius 1 is 1.24 bits per heavy atom. The number of fused-ring (bicyclic) bond motifs is 1. The number of carboxylic acids is 1. The van der Waals surface area contributed by atoms with E-state index in [0.29, 0.717) is 12.5 Å². The summed E-state index contributed by atoms with van der Waals surface area (Å²) in [6.07, 6.45) is 3.75. The lowest BCUT2D eigenvalue weighted by atomic mass is 9.78. The van der Waals surface area contributed by atoms with Crippen molar-refractivity contribution in [1.82, 2.24) is 0 Å². The van der Waals surface area contributed by atoms with Crippen molar-refractivity contribution in [2.45, 2.75) is 12.3 Å². The number of rotatable bonds is 5. The summed E-state index contributed by atoms with van der Waals surface area (Å²) in [5.74, 6) is 0.277. The first-order valence-electron chi connectivity index (χ1n) is 6.94. The van der Waals surface area contributed by atoms with Crippen LogP contribution in [0.2, 0.25) is 0 Å². The van der Waals surface area contributed by atoms with Gasteiger partial charge in [0.05, 0.1) is 6.61 Å². The molecule has 0 radical (unpaired) electrons. The van der Waals surface area contributed by atoms with Crippen molar-refractivity contribution < 1.29 is 14.6 Å². The summed E-state index contributed by atoms with van der Waals surface area (Å²) in [7, 11) is 0. The van der Waals surface area contributed by atoms with Gasteiger partial charge in [0.25, 0.3) is 0 Å². The predicted octanol–water partition coefficient (Wildman–Crippen LogP) is 3.50. The zero-order valence-electron chi connectivity index (χ0n) is 11.5. The first-order valence-corrected chi connectivity index (χ1v) is 6.94. The minimum Gasteiger partial charge on any atom is -0.493 e. The molecule has 0 fully saturated rings. The normalized spacial score (nSPS) is 16.3. The molecule has 1 aliphatic carbocycles. The second kappa shape index (κ2) is 5.83. The summed E-state index contributed by atoms with van der Waals surface area (Å²) < 4.78 is 5.83. The fourth-order valence-electron chi connectivity index (χ4n) is 2.58. The minimum atomic E-state index is -0.951. The highest BCUT2D eigenvalue weighted by Gasteiger charge is 2.25. The summed E-state index contributed by atoms with van der Waals surface area (Å²) >= 11 is 0. The number of benzene rings is 2. The minimum absolute atomic E-state index is 0.458. The lowest BCUT2D eigenvalue weighted by Gasteiger charge is -2.29. The summed E-state index contributed by atoms with van der Waals surface area (Å²) in [4.78, 5) is 10.5. The highest BCUT2D eigenvalue weighted by Crippen LogP contribution is 2.35. The molecule has 0 spiro atoms. The van der Waals surface area contributed by atoms with Gasteiger partial charge < -0.3 is 9.84 Å². The lowest BCUT2D eigenvalue weighted by Crippen LogP contribution is -2.23. The summed E-state index contributed by atoms with van der Waals surface area (Å²) in [6, 6.07) is 15.9. The van der Waals surface area contributed by atoms with E-state index in [9.17, 15) is 4.79 Å². The van der Waals surface area contributed by atoms with Gasteiger partial charge in [0, 0.05) is 12.0 Å². The van der Waals surface area contributed by atoms with E-state index in [0.717, 1.165) is 23.8 Å². The molecule has 1 atom stereocenters. The first-order chi connectivity index (χ1) is 10.2. The maximum atomic E-state index is 10.5. The molecule has 0 bridgehead atoms. The maximum absolute atomic E-state index is 10.5. The van der Waals surface area contributed by atoms with Crippen molar-refractivity contribution >= 4 is 12.0 Å². The van der Waals surface area contributed by atoms with Gasteiger partial charge in [-0.2, -0.15) is 0 Å². The third-order valence-corrected chi connectivity index (χ3v) is 3.69. The van der Waals surface area contributed by atoms with Crippen LogP contribution in [0.1, 0.15) is 22.6 Å². The van der Waals surface area contributed by atoms with E-state index >= 15 is 0 Å².